The standard InChI is InChI=1S/C16H27N5O2S.HI/c1-4-21(5-2)15-7-6-13(10-18-15)11-19-16(17-3)20-14-8-9-24(22,23)12-14;/h6-7,10,14H,4-5,8-9,11-12H2,1-3H3,(H2,17,19,20);1H. The van der Waals surface area contributed by atoms with Gasteiger partial charge in [0.05, 0.1) is 11.5 Å². The molecule has 2 heterocycles. The van der Waals surface area contributed by atoms with E-state index in [1.54, 1.807) is 7.05 Å². The van der Waals surface area contributed by atoms with Crippen molar-refractivity contribution in [3.05, 3.63) is 23.9 Å². The number of aliphatic imine (C=N–C) groups is 1. The highest BCUT2D eigenvalue weighted by Gasteiger charge is 2.28. The number of rotatable bonds is 6. The van der Waals surface area contributed by atoms with E-state index in [0.29, 0.717) is 18.9 Å². The van der Waals surface area contributed by atoms with Gasteiger partial charge in [-0.1, -0.05) is 6.07 Å². The topological polar surface area (TPSA) is 86.7 Å². The predicted octanol–water partition coefficient (Wildman–Crippen LogP) is 1.40. The number of anilines is 1. The van der Waals surface area contributed by atoms with Gasteiger partial charge in [0.1, 0.15) is 5.82 Å². The average Bonchev–Trinajstić information content (AvgIpc) is 2.92. The third kappa shape index (κ3) is 6.61. The number of nitrogens with zero attached hydrogens (tertiary/aromatic N) is 3. The fourth-order valence-corrected chi connectivity index (χ4v) is 4.41. The highest BCUT2D eigenvalue weighted by atomic mass is 127. The number of nitrogens with one attached hydrogen (secondary N) is 2. The third-order valence-electron chi connectivity index (χ3n) is 4.15. The molecular weight excluding hydrogens is 453 g/mol. The smallest absolute Gasteiger partial charge is 0.191 e. The van der Waals surface area contributed by atoms with Crippen molar-refractivity contribution in [3.63, 3.8) is 0 Å². The van der Waals surface area contributed by atoms with Crippen LogP contribution < -0.4 is 15.5 Å². The van der Waals surface area contributed by atoms with Crippen LogP contribution in [0.25, 0.3) is 0 Å². The van der Waals surface area contributed by atoms with Crippen molar-refractivity contribution in [2.24, 2.45) is 4.99 Å². The quantitative estimate of drug-likeness (QED) is 0.363. The number of hydrogen-bond donors (Lipinski definition) is 2. The maximum Gasteiger partial charge on any atom is 0.191 e. The van der Waals surface area contributed by atoms with E-state index in [1.807, 2.05) is 18.3 Å². The summed E-state index contributed by atoms with van der Waals surface area (Å²) in [5.74, 6) is 2.01. The maximum absolute atomic E-state index is 11.5. The normalized spacial score (nSPS) is 19.2. The van der Waals surface area contributed by atoms with Crippen molar-refractivity contribution >= 4 is 45.6 Å². The first-order valence-corrected chi connectivity index (χ1v) is 10.2. The molecule has 1 unspecified atom stereocenters. The Bertz CT molecular complexity index is 660. The Morgan fingerprint density at radius 1 is 1.36 bits per heavy atom. The molecule has 25 heavy (non-hydrogen) atoms. The summed E-state index contributed by atoms with van der Waals surface area (Å²) >= 11 is 0. The molecule has 0 aromatic carbocycles. The van der Waals surface area contributed by atoms with Gasteiger partial charge in [-0.05, 0) is 31.9 Å². The summed E-state index contributed by atoms with van der Waals surface area (Å²) in [7, 11) is -1.21. The summed E-state index contributed by atoms with van der Waals surface area (Å²) in [6.45, 7) is 6.67. The molecule has 1 aromatic heterocycles. The Morgan fingerprint density at radius 2 is 2.08 bits per heavy atom. The number of pyridine rings is 1. The molecule has 9 heteroatoms. The van der Waals surface area contributed by atoms with Crippen molar-refractivity contribution in [2.75, 3.05) is 36.5 Å². The molecule has 0 amide bonds. The molecule has 0 saturated carbocycles. The first-order valence-electron chi connectivity index (χ1n) is 8.35. The van der Waals surface area contributed by atoms with Gasteiger partial charge in [0.25, 0.3) is 0 Å². The Kier molecular flexibility index (Phi) is 8.91. The Balaban J connectivity index is 0.00000312. The molecule has 0 aliphatic carbocycles. The van der Waals surface area contributed by atoms with E-state index in [2.05, 4.69) is 39.4 Å². The van der Waals surface area contributed by atoms with Crippen molar-refractivity contribution in [1.82, 2.24) is 15.6 Å². The van der Waals surface area contributed by atoms with Crippen molar-refractivity contribution < 1.29 is 8.42 Å². The summed E-state index contributed by atoms with van der Waals surface area (Å²) in [4.78, 5) is 10.8. The minimum Gasteiger partial charge on any atom is -0.357 e. The van der Waals surface area contributed by atoms with Crippen LogP contribution in [0.4, 0.5) is 5.82 Å². The van der Waals surface area contributed by atoms with Gasteiger partial charge in [-0.15, -0.1) is 24.0 Å². The predicted molar refractivity (Wildman–Crippen MR) is 114 cm³/mol. The zero-order chi connectivity index (χ0) is 17.6. The van der Waals surface area contributed by atoms with E-state index in [4.69, 9.17) is 0 Å². The van der Waals surface area contributed by atoms with Gasteiger partial charge in [0, 0.05) is 38.9 Å². The summed E-state index contributed by atoms with van der Waals surface area (Å²) in [6, 6.07) is 3.99. The van der Waals surface area contributed by atoms with Crippen LogP contribution in [-0.4, -0.2) is 57.0 Å². The minimum absolute atomic E-state index is 0. The van der Waals surface area contributed by atoms with Gasteiger partial charge in [0.2, 0.25) is 0 Å². The third-order valence-corrected chi connectivity index (χ3v) is 5.92. The SMILES string of the molecule is CCN(CC)c1ccc(CNC(=NC)NC2CCS(=O)(=O)C2)cn1.I. The first kappa shape index (κ1) is 21.9. The number of aromatic nitrogens is 1. The van der Waals surface area contributed by atoms with E-state index in [1.165, 1.54) is 0 Å². The maximum atomic E-state index is 11.5. The van der Waals surface area contributed by atoms with Crippen LogP contribution >= 0.6 is 24.0 Å². The Labute approximate surface area is 167 Å². The van der Waals surface area contributed by atoms with Gasteiger partial charge < -0.3 is 15.5 Å². The molecule has 1 aromatic rings. The van der Waals surface area contributed by atoms with Crippen molar-refractivity contribution in [3.8, 4) is 0 Å². The average molecular weight is 481 g/mol. The second-order valence-corrected chi connectivity index (χ2v) is 8.10. The zero-order valence-electron chi connectivity index (χ0n) is 15.0. The van der Waals surface area contributed by atoms with Gasteiger partial charge in [-0.3, -0.25) is 4.99 Å². The fourth-order valence-electron chi connectivity index (χ4n) is 2.74. The molecule has 0 spiro atoms. The van der Waals surface area contributed by atoms with Gasteiger partial charge in [-0.2, -0.15) is 0 Å². The van der Waals surface area contributed by atoms with Crippen LogP contribution in [0.3, 0.4) is 0 Å². The van der Waals surface area contributed by atoms with E-state index >= 15 is 0 Å². The zero-order valence-corrected chi connectivity index (χ0v) is 18.2. The first-order chi connectivity index (χ1) is 11.5. The van der Waals surface area contributed by atoms with Gasteiger partial charge in [-0.25, -0.2) is 13.4 Å². The summed E-state index contributed by atoms with van der Waals surface area (Å²) in [6.07, 6.45) is 2.48. The molecule has 1 saturated heterocycles. The lowest BCUT2D eigenvalue weighted by molar-refractivity contribution is 0.599. The van der Waals surface area contributed by atoms with Crippen molar-refractivity contribution in [1.29, 1.82) is 0 Å². The Morgan fingerprint density at radius 3 is 2.56 bits per heavy atom. The monoisotopic (exact) mass is 481 g/mol. The lowest BCUT2D eigenvalue weighted by atomic mass is 10.2. The number of guanidine groups is 1. The lowest BCUT2D eigenvalue weighted by Crippen LogP contribution is -2.43. The van der Waals surface area contributed by atoms with Crippen LogP contribution in [0.15, 0.2) is 23.3 Å². The molecule has 0 radical (unpaired) electrons. The molecule has 1 fully saturated rings. The molecule has 1 atom stereocenters. The highest BCUT2D eigenvalue weighted by molar-refractivity contribution is 14.0. The van der Waals surface area contributed by atoms with E-state index < -0.39 is 9.84 Å². The molecular formula is C16H28IN5O2S. The largest absolute Gasteiger partial charge is 0.357 e. The highest BCUT2D eigenvalue weighted by Crippen LogP contribution is 2.12. The number of halogens is 1. The molecule has 7 nitrogen and oxygen atoms in total. The molecule has 2 N–H and O–H groups in total. The van der Waals surface area contributed by atoms with Crippen molar-refractivity contribution in [2.45, 2.75) is 32.9 Å². The fraction of sp³-hybridized carbons (Fsp3) is 0.625. The minimum atomic E-state index is -2.89. The molecule has 1 aliphatic rings. The molecule has 0 bridgehead atoms. The summed E-state index contributed by atoms with van der Waals surface area (Å²) in [5.41, 5.74) is 1.05. The van der Waals surface area contributed by atoms with E-state index in [9.17, 15) is 8.42 Å². The van der Waals surface area contributed by atoms with E-state index in [-0.39, 0.29) is 41.5 Å². The van der Waals surface area contributed by atoms with Gasteiger partial charge >= 0.3 is 0 Å². The second-order valence-electron chi connectivity index (χ2n) is 5.87. The lowest BCUT2D eigenvalue weighted by Gasteiger charge is -2.20. The Hall–Kier alpha value is -1.10. The summed E-state index contributed by atoms with van der Waals surface area (Å²) < 4.78 is 23.0. The second kappa shape index (κ2) is 10.1. The molecule has 1 aliphatic heterocycles. The van der Waals surface area contributed by atoms with Crippen LogP contribution in [0.5, 0.6) is 0 Å². The van der Waals surface area contributed by atoms with Gasteiger partial charge in [0.15, 0.2) is 15.8 Å². The number of hydrogen-bond acceptors (Lipinski definition) is 5. The van der Waals surface area contributed by atoms with Crippen LogP contribution in [-0.2, 0) is 16.4 Å². The van der Waals surface area contributed by atoms with Crippen LogP contribution in [0, 0.1) is 0 Å². The van der Waals surface area contributed by atoms with E-state index in [0.717, 1.165) is 24.5 Å². The molecule has 2 rings (SSSR count). The van der Waals surface area contributed by atoms with Crippen LogP contribution in [0.1, 0.15) is 25.8 Å². The summed E-state index contributed by atoms with van der Waals surface area (Å²) in [5, 5.41) is 6.38. The number of sulfone groups is 1. The van der Waals surface area contributed by atoms with Crippen LogP contribution in [0.2, 0.25) is 0 Å². The molecule has 142 valence electrons.